The molecule has 5 nitrogen and oxygen atoms in total. The molecule has 1 aromatic rings. The lowest BCUT2D eigenvalue weighted by atomic mass is 10.0. The van der Waals surface area contributed by atoms with E-state index in [4.69, 9.17) is 10.00 Å². The first-order valence-electron chi connectivity index (χ1n) is 6.51. The van der Waals surface area contributed by atoms with E-state index < -0.39 is 12.0 Å². The van der Waals surface area contributed by atoms with Crippen LogP contribution in [0.25, 0.3) is 0 Å². The van der Waals surface area contributed by atoms with Gasteiger partial charge in [0.1, 0.15) is 11.8 Å². The largest absolute Gasteiger partial charge is 0.496 e. The molecule has 1 atom stereocenters. The molecule has 0 saturated carbocycles. The highest BCUT2D eigenvalue weighted by Crippen LogP contribution is 2.20. The summed E-state index contributed by atoms with van der Waals surface area (Å²) in [4.78, 5) is 11.2. The second-order valence-electron chi connectivity index (χ2n) is 5.04. The molecule has 0 bridgehead atoms. The molecule has 0 aromatic heterocycles. The zero-order valence-electron chi connectivity index (χ0n) is 12.0. The minimum Gasteiger partial charge on any atom is -0.496 e. The van der Waals surface area contributed by atoms with Gasteiger partial charge in [0.05, 0.1) is 18.7 Å². The Balaban J connectivity index is 2.81. The topological polar surface area (TPSA) is 82.3 Å². The molecular formula is C15H20N2O3. The van der Waals surface area contributed by atoms with Crippen LogP contribution in [0.3, 0.4) is 0 Å². The maximum Gasteiger partial charge on any atom is 0.320 e. The summed E-state index contributed by atoms with van der Waals surface area (Å²) in [7, 11) is 1.55. The fourth-order valence-electron chi connectivity index (χ4n) is 1.96. The predicted molar refractivity (Wildman–Crippen MR) is 75.4 cm³/mol. The lowest BCUT2D eigenvalue weighted by molar-refractivity contribution is -0.140. The van der Waals surface area contributed by atoms with E-state index in [1.807, 2.05) is 13.8 Å². The van der Waals surface area contributed by atoms with Crippen LogP contribution in [0.4, 0.5) is 0 Å². The van der Waals surface area contributed by atoms with Gasteiger partial charge in [0.25, 0.3) is 0 Å². The van der Waals surface area contributed by atoms with E-state index in [1.54, 1.807) is 25.3 Å². The molecule has 1 unspecified atom stereocenters. The van der Waals surface area contributed by atoms with Crippen LogP contribution < -0.4 is 10.1 Å². The van der Waals surface area contributed by atoms with Gasteiger partial charge in [0, 0.05) is 12.1 Å². The molecule has 0 amide bonds. The van der Waals surface area contributed by atoms with Gasteiger partial charge in [-0.2, -0.15) is 5.26 Å². The number of nitrogens with zero attached hydrogens (tertiary/aromatic N) is 1. The van der Waals surface area contributed by atoms with Crippen molar-refractivity contribution in [2.45, 2.75) is 32.9 Å². The summed E-state index contributed by atoms with van der Waals surface area (Å²) in [5.74, 6) is 0.0650. The number of hydrogen-bond acceptors (Lipinski definition) is 4. The third kappa shape index (κ3) is 4.56. The van der Waals surface area contributed by atoms with Crippen LogP contribution in [-0.4, -0.2) is 24.2 Å². The Morgan fingerprint density at radius 2 is 2.20 bits per heavy atom. The summed E-state index contributed by atoms with van der Waals surface area (Å²) < 4.78 is 5.22. The minimum absolute atomic E-state index is 0.288. The molecule has 0 radical (unpaired) electrons. The average Bonchev–Trinajstić information content (AvgIpc) is 2.42. The lowest BCUT2D eigenvalue weighted by Crippen LogP contribution is -2.37. The van der Waals surface area contributed by atoms with Crippen LogP contribution in [0, 0.1) is 17.2 Å². The monoisotopic (exact) mass is 276 g/mol. The number of aliphatic carboxylic acids is 1. The van der Waals surface area contributed by atoms with Crippen LogP contribution >= 0.6 is 0 Å². The van der Waals surface area contributed by atoms with E-state index >= 15 is 0 Å². The highest BCUT2D eigenvalue weighted by Gasteiger charge is 2.18. The van der Waals surface area contributed by atoms with E-state index in [-0.39, 0.29) is 5.92 Å². The molecular weight excluding hydrogens is 256 g/mol. The Labute approximate surface area is 119 Å². The zero-order chi connectivity index (χ0) is 15.1. The maximum atomic E-state index is 11.2. The molecule has 1 aromatic carbocycles. The quantitative estimate of drug-likeness (QED) is 0.797. The Bertz CT molecular complexity index is 506. The number of carboxylic acid groups (broad SMARTS) is 1. The summed E-state index contributed by atoms with van der Waals surface area (Å²) in [5, 5.41) is 21.1. The van der Waals surface area contributed by atoms with Gasteiger partial charge in [-0.3, -0.25) is 4.79 Å². The predicted octanol–water partition coefficient (Wildman–Crippen LogP) is 2.16. The molecule has 1 rings (SSSR count). The standard InChI is InChI=1S/C15H20N2O3/c1-10(2)6-13(15(18)19)17-9-12-7-11(8-16)4-5-14(12)20-3/h4-5,7,10,13,17H,6,9H2,1-3H3,(H,18,19). The lowest BCUT2D eigenvalue weighted by Gasteiger charge is -2.17. The highest BCUT2D eigenvalue weighted by atomic mass is 16.5. The Hall–Kier alpha value is -2.06. The number of methoxy groups -OCH3 is 1. The van der Waals surface area contributed by atoms with Gasteiger partial charge in [-0.1, -0.05) is 13.8 Å². The van der Waals surface area contributed by atoms with Crippen molar-refractivity contribution in [1.82, 2.24) is 5.32 Å². The molecule has 0 aliphatic carbocycles. The summed E-state index contributed by atoms with van der Waals surface area (Å²) >= 11 is 0. The number of benzene rings is 1. The zero-order valence-corrected chi connectivity index (χ0v) is 12.0. The van der Waals surface area contributed by atoms with Crippen molar-refractivity contribution in [2.75, 3.05) is 7.11 Å². The van der Waals surface area contributed by atoms with Gasteiger partial charge in [-0.15, -0.1) is 0 Å². The van der Waals surface area contributed by atoms with Gasteiger partial charge < -0.3 is 15.2 Å². The fourth-order valence-corrected chi connectivity index (χ4v) is 1.96. The Kier molecular flexibility index (Phi) is 6.01. The van der Waals surface area contributed by atoms with Crippen molar-refractivity contribution in [3.05, 3.63) is 29.3 Å². The molecule has 0 aliphatic heterocycles. The summed E-state index contributed by atoms with van der Waals surface area (Å²) in [6, 6.07) is 6.55. The van der Waals surface area contributed by atoms with Crippen molar-refractivity contribution in [2.24, 2.45) is 5.92 Å². The number of ether oxygens (including phenoxy) is 1. The molecule has 0 aliphatic rings. The van der Waals surface area contributed by atoms with Crippen LogP contribution in [0.15, 0.2) is 18.2 Å². The van der Waals surface area contributed by atoms with Gasteiger partial charge in [0.15, 0.2) is 0 Å². The third-order valence-corrected chi connectivity index (χ3v) is 2.95. The fraction of sp³-hybridized carbons (Fsp3) is 0.467. The second-order valence-corrected chi connectivity index (χ2v) is 5.04. The summed E-state index contributed by atoms with van der Waals surface area (Å²) in [5.41, 5.74) is 1.31. The number of carboxylic acids is 1. The Morgan fingerprint density at radius 3 is 2.70 bits per heavy atom. The number of rotatable bonds is 7. The molecule has 0 saturated heterocycles. The van der Waals surface area contributed by atoms with Crippen LogP contribution in [0.2, 0.25) is 0 Å². The minimum atomic E-state index is -0.867. The average molecular weight is 276 g/mol. The van der Waals surface area contributed by atoms with Crippen molar-refractivity contribution >= 4 is 5.97 Å². The van der Waals surface area contributed by atoms with E-state index in [0.717, 1.165) is 5.56 Å². The third-order valence-electron chi connectivity index (χ3n) is 2.95. The smallest absolute Gasteiger partial charge is 0.320 e. The van der Waals surface area contributed by atoms with Gasteiger partial charge in [-0.25, -0.2) is 0 Å². The summed E-state index contributed by atoms with van der Waals surface area (Å²) in [6.07, 6.45) is 0.551. The van der Waals surface area contributed by atoms with Crippen LogP contribution in [0.5, 0.6) is 5.75 Å². The van der Waals surface area contributed by atoms with Crippen LogP contribution in [0.1, 0.15) is 31.4 Å². The molecule has 20 heavy (non-hydrogen) atoms. The first-order valence-corrected chi connectivity index (χ1v) is 6.51. The van der Waals surface area contributed by atoms with E-state index in [9.17, 15) is 9.90 Å². The number of nitriles is 1. The highest BCUT2D eigenvalue weighted by molar-refractivity contribution is 5.73. The Morgan fingerprint density at radius 1 is 1.50 bits per heavy atom. The molecule has 108 valence electrons. The first kappa shape index (κ1) is 16.0. The molecule has 5 heteroatoms. The maximum absolute atomic E-state index is 11.2. The van der Waals surface area contributed by atoms with Gasteiger partial charge >= 0.3 is 5.97 Å². The summed E-state index contributed by atoms with van der Waals surface area (Å²) in [6.45, 7) is 4.31. The van der Waals surface area contributed by atoms with Gasteiger partial charge in [-0.05, 0) is 30.5 Å². The van der Waals surface area contributed by atoms with Gasteiger partial charge in [0.2, 0.25) is 0 Å². The number of nitrogens with one attached hydrogen (secondary N) is 1. The van der Waals surface area contributed by atoms with Crippen molar-refractivity contribution < 1.29 is 14.6 Å². The molecule has 0 fully saturated rings. The van der Waals surface area contributed by atoms with Crippen LogP contribution in [-0.2, 0) is 11.3 Å². The normalized spacial score (nSPS) is 11.9. The van der Waals surface area contributed by atoms with E-state index in [0.29, 0.717) is 24.3 Å². The molecule has 0 heterocycles. The van der Waals surface area contributed by atoms with Crippen molar-refractivity contribution in [3.8, 4) is 11.8 Å². The molecule has 0 spiro atoms. The van der Waals surface area contributed by atoms with E-state index in [2.05, 4.69) is 11.4 Å². The number of hydrogen-bond donors (Lipinski definition) is 2. The van der Waals surface area contributed by atoms with E-state index in [1.165, 1.54) is 0 Å². The number of carbonyl (C=O) groups is 1. The van der Waals surface area contributed by atoms with Crippen molar-refractivity contribution in [3.63, 3.8) is 0 Å². The van der Waals surface area contributed by atoms with Crippen molar-refractivity contribution in [1.29, 1.82) is 5.26 Å². The second kappa shape index (κ2) is 7.51. The SMILES string of the molecule is COc1ccc(C#N)cc1CNC(CC(C)C)C(=O)O. The molecule has 2 N–H and O–H groups in total. The first-order chi connectivity index (χ1) is 9.47.